The van der Waals surface area contributed by atoms with Crippen LogP contribution in [0.3, 0.4) is 0 Å². The SMILES string of the molecule is COC(=O)c1ccc(/C=C/C(=O)n2cccc2)cc1. The Morgan fingerprint density at radius 2 is 1.74 bits per heavy atom. The Hall–Kier alpha value is -2.62. The minimum Gasteiger partial charge on any atom is -0.465 e. The molecule has 4 nitrogen and oxygen atoms in total. The van der Waals surface area contributed by atoms with E-state index in [4.69, 9.17) is 0 Å². The molecular weight excluding hydrogens is 242 g/mol. The first-order valence-corrected chi connectivity index (χ1v) is 5.74. The van der Waals surface area contributed by atoms with Crippen molar-refractivity contribution in [2.24, 2.45) is 0 Å². The Bertz CT molecular complexity index is 595. The molecule has 0 bridgehead atoms. The Morgan fingerprint density at radius 3 is 2.32 bits per heavy atom. The van der Waals surface area contributed by atoms with Gasteiger partial charge in [0.2, 0.25) is 0 Å². The van der Waals surface area contributed by atoms with Crippen molar-refractivity contribution in [2.75, 3.05) is 7.11 Å². The molecule has 1 aromatic carbocycles. The molecule has 2 rings (SSSR count). The van der Waals surface area contributed by atoms with Gasteiger partial charge in [-0.1, -0.05) is 12.1 Å². The lowest BCUT2D eigenvalue weighted by molar-refractivity contribution is 0.0600. The number of ether oxygens (including phenoxy) is 1. The lowest BCUT2D eigenvalue weighted by atomic mass is 10.1. The van der Waals surface area contributed by atoms with Crippen LogP contribution in [0.5, 0.6) is 0 Å². The van der Waals surface area contributed by atoms with Crippen molar-refractivity contribution in [2.45, 2.75) is 0 Å². The predicted molar refractivity (Wildman–Crippen MR) is 71.9 cm³/mol. The van der Waals surface area contributed by atoms with Crippen LogP contribution in [0.1, 0.15) is 20.7 Å². The van der Waals surface area contributed by atoms with E-state index < -0.39 is 0 Å². The summed E-state index contributed by atoms with van der Waals surface area (Å²) in [5.41, 5.74) is 1.32. The first kappa shape index (κ1) is 12.8. The van der Waals surface area contributed by atoms with Gasteiger partial charge in [-0.25, -0.2) is 4.79 Å². The van der Waals surface area contributed by atoms with Gasteiger partial charge >= 0.3 is 5.97 Å². The van der Waals surface area contributed by atoms with Gasteiger partial charge in [-0.15, -0.1) is 0 Å². The molecule has 19 heavy (non-hydrogen) atoms. The molecule has 0 radical (unpaired) electrons. The van der Waals surface area contributed by atoms with Crippen LogP contribution in [-0.4, -0.2) is 23.6 Å². The van der Waals surface area contributed by atoms with Gasteiger partial charge in [0.1, 0.15) is 0 Å². The van der Waals surface area contributed by atoms with E-state index in [1.807, 2.05) is 0 Å². The molecule has 0 saturated heterocycles. The van der Waals surface area contributed by atoms with Gasteiger partial charge < -0.3 is 4.74 Å². The number of methoxy groups -OCH3 is 1. The zero-order valence-corrected chi connectivity index (χ0v) is 10.4. The van der Waals surface area contributed by atoms with Crippen molar-refractivity contribution < 1.29 is 14.3 Å². The lowest BCUT2D eigenvalue weighted by Gasteiger charge is -1.99. The average Bonchev–Trinajstić information content (AvgIpc) is 2.98. The smallest absolute Gasteiger partial charge is 0.337 e. The Kier molecular flexibility index (Phi) is 3.93. The first-order valence-electron chi connectivity index (χ1n) is 5.74. The van der Waals surface area contributed by atoms with Gasteiger partial charge in [0.15, 0.2) is 0 Å². The first-order chi connectivity index (χ1) is 9.20. The van der Waals surface area contributed by atoms with Crippen LogP contribution < -0.4 is 0 Å². The summed E-state index contributed by atoms with van der Waals surface area (Å²) in [5, 5.41) is 0. The number of allylic oxidation sites excluding steroid dienone is 1. The second-order valence-corrected chi connectivity index (χ2v) is 3.88. The fourth-order valence-electron chi connectivity index (χ4n) is 1.58. The van der Waals surface area contributed by atoms with Crippen LogP contribution in [0.15, 0.2) is 54.9 Å². The van der Waals surface area contributed by atoms with Gasteiger partial charge in [-0.2, -0.15) is 0 Å². The maximum Gasteiger partial charge on any atom is 0.337 e. The molecule has 0 fully saturated rings. The topological polar surface area (TPSA) is 48.3 Å². The van der Waals surface area contributed by atoms with Gasteiger partial charge in [0.25, 0.3) is 5.91 Å². The van der Waals surface area contributed by atoms with Crippen LogP contribution in [0, 0.1) is 0 Å². The molecule has 0 aliphatic carbocycles. The van der Waals surface area contributed by atoms with Crippen molar-refractivity contribution in [3.05, 3.63) is 66.0 Å². The van der Waals surface area contributed by atoms with Crippen molar-refractivity contribution in [3.8, 4) is 0 Å². The summed E-state index contributed by atoms with van der Waals surface area (Å²) in [5.74, 6) is -0.499. The molecule has 0 aliphatic rings. The maximum absolute atomic E-state index is 11.7. The second kappa shape index (κ2) is 5.82. The van der Waals surface area contributed by atoms with E-state index in [1.165, 1.54) is 17.8 Å². The van der Waals surface area contributed by atoms with Crippen LogP contribution in [-0.2, 0) is 4.74 Å². The molecule has 96 valence electrons. The van der Waals surface area contributed by atoms with Gasteiger partial charge in [0, 0.05) is 18.5 Å². The van der Waals surface area contributed by atoms with E-state index in [2.05, 4.69) is 4.74 Å². The van der Waals surface area contributed by atoms with E-state index in [-0.39, 0.29) is 11.9 Å². The van der Waals surface area contributed by atoms with E-state index in [0.717, 1.165) is 5.56 Å². The molecule has 0 amide bonds. The molecule has 0 aliphatic heterocycles. The summed E-state index contributed by atoms with van der Waals surface area (Å²) in [7, 11) is 1.34. The average molecular weight is 255 g/mol. The number of carbonyl (C=O) groups excluding carboxylic acids is 2. The highest BCUT2D eigenvalue weighted by Gasteiger charge is 2.03. The lowest BCUT2D eigenvalue weighted by Crippen LogP contribution is -2.03. The highest BCUT2D eigenvalue weighted by atomic mass is 16.5. The summed E-state index contributed by atoms with van der Waals surface area (Å²) in [6.45, 7) is 0. The summed E-state index contributed by atoms with van der Waals surface area (Å²) in [6.07, 6.45) is 6.55. The normalized spacial score (nSPS) is 10.6. The molecule has 0 spiro atoms. The molecule has 1 aromatic heterocycles. The van der Waals surface area contributed by atoms with Crippen LogP contribution in [0.4, 0.5) is 0 Å². The molecule has 4 heteroatoms. The monoisotopic (exact) mass is 255 g/mol. The number of carbonyl (C=O) groups is 2. The molecule has 2 aromatic rings. The van der Waals surface area contributed by atoms with Crippen molar-refractivity contribution in [3.63, 3.8) is 0 Å². The number of aromatic nitrogens is 1. The Labute approximate surface area is 110 Å². The second-order valence-electron chi connectivity index (χ2n) is 3.88. The van der Waals surface area contributed by atoms with Gasteiger partial charge in [-0.05, 0) is 35.9 Å². The van der Waals surface area contributed by atoms with Crippen LogP contribution in [0.25, 0.3) is 6.08 Å². The van der Waals surface area contributed by atoms with Crippen LogP contribution in [0.2, 0.25) is 0 Å². The maximum atomic E-state index is 11.7. The number of hydrogen-bond donors (Lipinski definition) is 0. The summed E-state index contributed by atoms with van der Waals surface area (Å²) < 4.78 is 6.09. The van der Waals surface area contributed by atoms with E-state index in [0.29, 0.717) is 5.56 Å². The zero-order valence-electron chi connectivity index (χ0n) is 10.4. The van der Waals surface area contributed by atoms with Crippen LogP contribution >= 0.6 is 0 Å². The molecule has 0 saturated carbocycles. The summed E-state index contributed by atoms with van der Waals surface area (Å²) in [6, 6.07) is 10.4. The van der Waals surface area contributed by atoms with Crippen molar-refractivity contribution in [1.29, 1.82) is 0 Å². The fourth-order valence-corrected chi connectivity index (χ4v) is 1.58. The summed E-state index contributed by atoms with van der Waals surface area (Å²) >= 11 is 0. The third kappa shape index (κ3) is 3.19. The molecule has 0 N–H and O–H groups in total. The van der Waals surface area contributed by atoms with Crippen molar-refractivity contribution >= 4 is 18.0 Å². The summed E-state index contributed by atoms with van der Waals surface area (Å²) in [4.78, 5) is 23.0. The number of esters is 1. The highest BCUT2D eigenvalue weighted by Crippen LogP contribution is 2.07. The third-order valence-electron chi connectivity index (χ3n) is 2.61. The van der Waals surface area contributed by atoms with E-state index in [9.17, 15) is 9.59 Å². The largest absolute Gasteiger partial charge is 0.465 e. The zero-order chi connectivity index (χ0) is 13.7. The number of nitrogens with zero attached hydrogens (tertiary/aromatic N) is 1. The number of benzene rings is 1. The fraction of sp³-hybridized carbons (Fsp3) is 0.0667. The standard InChI is InChI=1S/C15H13NO3/c1-19-15(18)13-7-4-12(5-8-13)6-9-14(17)16-10-2-3-11-16/h2-11H,1H3/b9-6+. The Morgan fingerprint density at radius 1 is 1.11 bits per heavy atom. The minimum absolute atomic E-state index is 0.123. The van der Waals surface area contributed by atoms with E-state index in [1.54, 1.807) is 54.9 Å². The molecule has 1 heterocycles. The van der Waals surface area contributed by atoms with Gasteiger partial charge in [0.05, 0.1) is 12.7 Å². The molecular formula is C15H13NO3. The third-order valence-corrected chi connectivity index (χ3v) is 2.61. The Balaban J connectivity index is 2.07. The van der Waals surface area contributed by atoms with Gasteiger partial charge in [-0.3, -0.25) is 9.36 Å². The molecule has 0 atom stereocenters. The van der Waals surface area contributed by atoms with Crippen molar-refractivity contribution in [1.82, 2.24) is 4.57 Å². The highest BCUT2D eigenvalue weighted by molar-refractivity contribution is 5.94. The number of hydrogen-bond acceptors (Lipinski definition) is 3. The molecule has 0 unspecified atom stereocenters. The quantitative estimate of drug-likeness (QED) is 0.625. The van der Waals surface area contributed by atoms with E-state index >= 15 is 0 Å². The predicted octanol–water partition coefficient (Wildman–Crippen LogP) is 2.63. The minimum atomic E-state index is -0.376. The number of rotatable bonds is 3.